The van der Waals surface area contributed by atoms with Gasteiger partial charge in [-0.05, 0) is 31.4 Å². The zero-order valence-corrected chi connectivity index (χ0v) is 8.99. The molecule has 3 rings (SSSR count). The fourth-order valence-corrected chi connectivity index (χ4v) is 2.34. The van der Waals surface area contributed by atoms with Gasteiger partial charge in [0.25, 0.3) is 0 Å². The van der Waals surface area contributed by atoms with Crippen LogP contribution in [0.1, 0.15) is 30.9 Å². The molecule has 1 saturated carbocycles. The van der Waals surface area contributed by atoms with Crippen LogP contribution in [-0.2, 0) is 12.8 Å². The molecular weight excluding hydrogens is 188 g/mol. The normalized spacial score (nSPS) is 25.9. The van der Waals surface area contributed by atoms with E-state index in [1.807, 2.05) is 12.1 Å². The van der Waals surface area contributed by atoms with Crippen LogP contribution in [-0.4, -0.2) is 16.8 Å². The van der Waals surface area contributed by atoms with Crippen molar-refractivity contribution in [1.82, 2.24) is 0 Å². The number of hydrogen-bond donors (Lipinski definition) is 1. The monoisotopic (exact) mass is 204 g/mol. The molecule has 15 heavy (non-hydrogen) atoms. The van der Waals surface area contributed by atoms with Crippen LogP contribution >= 0.6 is 0 Å². The lowest BCUT2D eigenvalue weighted by molar-refractivity contribution is 0.150. The van der Waals surface area contributed by atoms with E-state index in [1.54, 1.807) is 0 Å². The van der Waals surface area contributed by atoms with Gasteiger partial charge in [-0.1, -0.05) is 12.1 Å². The quantitative estimate of drug-likeness (QED) is 0.799. The summed E-state index contributed by atoms with van der Waals surface area (Å²) < 4.78 is 5.70. The van der Waals surface area contributed by atoms with Crippen molar-refractivity contribution in [2.75, 3.05) is 0 Å². The summed E-state index contributed by atoms with van der Waals surface area (Å²) in [6, 6.07) is 6.17. The van der Waals surface area contributed by atoms with Crippen molar-refractivity contribution in [3.05, 3.63) is 29.3 Å². The van der Waals surface area contributed by atoms with Crippen LogP contribution in [0.25, 0.3) is 0 Å². The highest BCUT2D eigenvalue weighted by Crippen LogP contribution is 2.41. The third-order valence-electron chi connectivity index (χ3n) is 3.40. The van der Waals surface area contributed by atoms with Gasteiger partial charge in [0, 0.05) is 18.4 Å². The molecule has 1 fully saturated rings. The number of aliphatic hydroxyl groups is 1. The van der Waals surface area contributed by atoms with Gasteiger partial charge in [0.2, 0.25) is 0 Å². The van der Waals surface area contributed by atoms with Crippen LogP contribution in [0.3, 0.4) is 0 Å². The highest BCUT2D eigenvalue weighted by molar-refractivity contribution is 5.44. The molecular formula is C13H16O2. The first-order valence-electron chi connectivity index (χ1n) is 5.66. The second-order valence-electron chi connectivity index (χ2n) is 4.93. The molecule has 0 radical (unpaired) electrons. The average molecular weight is 204 g/mol. The predicted molar refractivity (Wildman–Crippen MR) is 58.1 cm³/mol. The number of benzene rings is 1. The van der Waals surface area contributed by atoms with Gasteiger partial charge in [0.05, 0.1) is 5.60 Å². The second-order valence-corrected chi connectivity index (χ2v) is 4.93. The zero-order valence-electron chi connectivity index (χ0n) is 8.99. The Balaban J connectivity index is 1.92. The lowest BCUT2D eigenvalue weighted by Gasteiger charge is -2.10. The van der Waals surface area contributed by atoms with Crippen molar-refractivity contribution in [2.45, 2.75) is 44.3 Å². The Hall–Kier alpha value is -1.02. The van der Waals surface area contributed by atoms with Crippen molar-refractivity contribution >= 4 is 0 Å². The van der Waals surface area contributed by atoms with Gasteiger partial charge >= 0.3 is 0 Å². The van der Waals surface area contributed by atoms with E-state index in [0.29, 0.717) is 0 Å². The van der Waals surface area contributed by atoms with Crippen LogP contribution in [0.15, 0.2) is 18.2 Å². The Labute approximate surface area is 89.9 Å². The summed E-state index contributed by atoms with van der Waals surface area (Å²) in [4.78, 5) is 0. The fourth-order valence-electron chi connectivity index (χ4n) is 2.34. The maximum absolute atomic E-state index is 9.94. The lowest BCUT2D eigenvalue weighted by Crippen LogP contribution is -2.12. The topological polar surface area (TPSA) is 29.5 Å². The third-order valence-corrected chi connectivity index (χ3v) is 3.40. The Morgan fingerprint density at radius 1 is 1.47 bits per heavy atom. The predicted octanol–water partition coefficient (Wildman–Crippen LogP) is 2.08. The number of ether oxygens (including phenoxy) is 1. The summed E-state index contributed by atoms with van der Waals surface area (Å²) in [7, 11) is 0. The summed E-state index contributed by atoms with van der Waals surface area (Å²) in [5.74, 6) is 1.02. The summed E-state index contributed by atoms with van der Waals surface area (Å²) in [5, 5.41) is 9.94. The highest BCUT2D eigenvalue weighted by atomic mass is 16.5. The summed E-state index contributed by atoms with van der Waals surface area (Å²) in [6.45, 7) is 2.09. The van der Waals surface area contributed by atoms with Crippen LogP contribution < -0.4 is 4.74 Å². The molecule has 1 N–H and O–H groups in total. The van der Waals surface area contributed by atoms with E-state index in [-0.39, 0.29) is 6.10 Å². The van der Waals surface area contributed by atoms with Gasteiger partial charge in [0.1, 0.15) is 11.9 Å². The van der Waals surface area contributed by atoms with Gasteiger partial charge in [-0.3, -0.25) is 0 Å². The van der Waals surface area contributed by atoms with Crippen molar-refractivity contribution in [3.8, 4) is 5.75 Å². The lowest BCUT2D eigenvalue weighted by atomic mass is 9.97. The van der Waals surface area contributed by atoms with Crippen molar-refractivity contribution in [2.24, 2.45) is 0 Å². The molecule has 2 heteroatoms. The summed E-state index contributed by atoms with van der Waals surface area (Å²) in [5.41, 5.74) is 2.18. The van der Waals surface area contributed by atoms with E-state index in [4.69, 9.17) is 4.74 Å². The number of hydrogen-bond acceptors (Lipinski definition) is 2. The van der Waals surface area contributed by atoms with Crippen molar-refractivity contribution in [3.63, 3.8) is 0 Å². The van der Waals surface area contributed by atoms with Crippen LogP contribution in [0.4, 0.5) is 0 Å². The van der Waals surface area contributed by atoms with Gasteiger partial charge in [-0.2, -0.15) is 0 Å². The van der Waals surface area contributed by atoms with E-state index >= 15 is 0 Å². The molecule has 1 aromatic carbocycles. The Morgan fingerprint density at radius 2 is 2.27 bits per heavy atom. The first-order chi connectivity index (χ1) is 7.16. The smallest absolute Gasteiger partial charge is 0.123 e. The third kappa shape index (κ3) is 1.63. The fraction of sp³-hybridized carbons (Fsp3) is 0.538. The molecule has 2 nitrogen and oxygen atoms in total. The molecule has 1 aliphatic heterocycles. The molecule has 1 unspecified atom stereocenters. The van der Waals surface area contributed by atoms with E-state index in [2.05, 4.69) is 13.0 Å². The van der Waals surface area contributed by atoms with E-state index in [1.165, 1.54) is 11.1 Å². The van der Waals surface area contributed by atoms with Crippen molar-refractivity contribution < 1.29 is 9.84 Å². The Kier molecular flexibility index (Phi) is 1.84. The molecule has 1 heterocycles. The molecule has 0 saturated heterocycles. The highest BCUT2D eigenvalue weighted by Gasteiger charge is 2.41. The largest absolute Gasteiger partial charge is 0.490 e. The Bertz CT molecular complexity index is 394. The molecule has 0 aromatic heterocycles. The number of rotatable bonds is 2. The molecule has 80 valence electrons. The van der Waals surface area contributed by atoms with E-state index < -0.39 is 5.60 Å². The average Bonchev–Trinajstić information content (AvgIpc) is 2.76. The minimum Gasteiger partial charge on any atom is -0.490 e. The molecule has 2 aliphatic rings. The van der Waals surface area contributed by atoms with E-state index in [0.717, 1.165) is 31.4 Å². The summed E-state index contributed by atoms with van der Waals surface area (Å²) >= 11 is 0. The first kappa shape index (κ1) is 9.22. The van der Waals surface area contributed by atoms with Crippen LogP contribution in [0.5, 0.6) is 5.75 Å². The molecule has 1 atom stereocenters. The van der Waals surface area contributed by atoms with Gasteiger partial charge in [-0.15, -0.1) is 0 Å². The van der Waals surface area contributed by atoms with Gasteiger partial charge in [-0.25, -0.2) is 0 Å². The standard InChI is InChI=1S/C13H16O2/c1-9-7-11-10(8-13(14)5-6-13)3-2-4-12(11)15-9/h2-4,9,14H,5-8H2,1H3. The minimum absolute atomic E-state index is 0.287. The second kappa shape index (κ2) is 2.99. The molecule has 1 aromatic rings. The van der Waals surface area contributed by atoms with Crippen LogP contribution in [0, 0.1) is 0 Å². The van der Waals surface area contributed by atoms with E-state index in [9.17, 15) is 5.11 Å². The molecule has 0 amide bonds. The van der Waals surface area contributed by atoms with Crippen LogP contribution in [0.2, 0.25) is 0 Å². The van der Waals surface area contributed by atoms with Gasteiger partial charge in [0.15, 0.2) is 0 Å². The SMILES string of the molecule is CC1Cc2c(CC3(O)CC3)cccc2O1. The first-order valence-corrected chi connectivity index (χ1v) is 5.66. The summed E-state index contributed by atoms with van der Waals surface area (Å²) in [6.07, 6.45) is 3.98. The molecule has 0 bridgehead atoms. The molecule has 1 aliphatic carbocycles. The maximum Gasteiger partial charge on any atom is 0.123 e. The van der Waals surface area contributed by atoms with Gasteiger partial charge < -0.3 is 9.84 Å². The zero-order chi connectivity index (χ0) is 10.5. The Morgan fingerprint density at radius 3 is 3.00 bits per heavy atom. The molecule has 0 spiro atoms. The van der Waals surface area contributed by atoms with Crippen molar-refractivity contribution in [1.29, 1.82) is 0 Å². The maximum atomic E-state index is 9.94. The minimum atomic E-state index is -0.402. The number of fused-ring (bicyclic) bond motifs is 1.